The molecule has 3 aromatic heterocycles. The normalized spacial score (nSPS) is 11.0. The number of imidazole rings is 1. The van der Waals surface area contributed by atoms with E-state index in [1.807, 2.05) is 42.7 Å². The molecule has 7 nitrogen and oxygen atoms in total. The van der Waals surface area contributed by atoms with Crippen LogP contribution < -0.4 is 5.73 Å². The Labute approximate surface area is 131 Å². The van der Waals surface area contributed by atoms with Gasteiger partial charge in [-0.1, -0.05) is 12.1 Å². The molecule has 0 fully saturated rings. The first-order chi connectivity index (χ1) is 11.2. The Kier molecular flexibility index (Phi) is 2.90. The van der Waals surface area contributed by atoms with Crippen LogP contribution in [0.2, 0.25) is 0 Å². The summed E-state index contributed by atoms with van der Waals surface area (Å²) in [6, 6.07) is 9.76. The molecule has 0 saturated heterocycles. The third-order valence-corrected chi connectivity index (χ3v) is 3.53. The van der Waals surface area contributed by atoms with Crippen molar-refractivity contribution < 1.29 is 4.79 Å². The van der Waals surface area contributed by atoms with E-state index in [4.69, 9.17) is 5.73 Å². The van der Waals surface area contributed by atoms with Gasteiger partial charge in [0.15, 0.2) is 5.65 Å². The molecule has 23 heavy (non-hydrogen) atoms. The van der Waals surface area contributed by atoms with Gasteiger partial charge in [0, 0.05) is 30.4 Å². The predicted molar refractivity (Wildman–Crippen MR) is 84.1 cm³/mol. The number of amides is 1. The lowest BCUT2D eigenvalue weighted by atomic mass is 10.1. The highest BCUT2D eigenvalue weighted by atomic mass is 16.1. The van der Waals surface area contributed by atoms with Crippen LogP contribution in [0, 0.1) is 0 Å². The molecular weight excluding hydrogens is 292 g/mol. The first-order valence-electron chi connectivity index (χ1n) is 6.96. The molecule has 0 aliphatic rings. The molecule has 0 saturated carbocycles. The Balaban J connectivity index is 1.72. The predicted octanol–water partition coefficient (Wildman–Crippen LogP) is 1.68. The molecule has 7 heteroatoms. The smallest absolute Gasteiger partial charge is 0.268 e. The number of hydrogen-bond donors (Lipinski definition) is 1. The van der Waals surface area contributed by atoms with Crippen LogP contribution in [0.1, 0.15) is 10.5 Å². The van der Waals surface area contributed by atoms with E-state index in [0.29, 0.717) is 5.65 Å². The molecule has 0 unspecified atom stereocenters. The van der Waals surface area contributed by atoms with Crippen molar-refractivity contribution >= 4 is 11.6 Å². The fraction of sp³-hybridized carbons (Fsp3) is 0. The average molecular weight is 304 g/mol. The Morgan fingerprint density at radius 3 is 2.65 bits per heavy atom. The molecule has 3 heterocycles. The maximum Gasteiger partial charge on any atom is 0.268 e. The Morgan fingerprint density at radius 1 is 1.13 bits per heavy atom. The van der Waals surface area contributed by atoms with Gasteiger partial charge in [0.1, 0.15) is 5.69 Å². The highest BCUT2D eigenvalue weighted by Crippen LogP contribution is 2.20. The summed E-state index contributed by atoms with van der Waals surface area (Å²) in [5.74, 6) is -0.564. The number of aromatic nitrogens is 5. The number of rotatable bonds is 3. The van der Waals surface area contributed by atoms with Crippen LogP contribution in [0.4, 0.5) is 0 Å². The van der Waals surface area contributed by atoms with Crippen molar-refractivity contribution in [1.29, 1.82) is 0 Å². The number of carbonyl (C=O) groups excluding carboxylic acids is 1. The van der Waals surface area contributed by atoms with Crippen molar-refractivity contribution in [3.8, 4) is 16.9 Å². The molecule has 112 valence electrons. The van der Waals surface area contributed by atoms with Gasteiger partial charge in [-0.15, -0.1) is 0 Å². The van der Waals surface area contributed by atoms with Crippen LogP contribution in [-0.2, 0) is 0 Å². The van der Waals surface area contributed by atoms with E-state index in [0.717, 1.165) is 16.9 Å². The fourth-order valence-corrected chi connectivity index (χ4v) is 2.37. The number of carbonyl (C=O) groups is 1. The van der Waals surface area contributed by atoms with E-state index in [2.05, 4.69) is 15.1 Å². The number of benzene rings is 1. The molecule has 0 bridgehead atoms. The summed E-state index contributed by atoms with van der Waals surface area (Å²) in [6.07, 6.45) is 8.57. The molecule has 1 amide bonds. The van der Waals surface area contributed by atoms with Gasteiger partial charge in [0.05, 0.1) is 17.6 Å². The Bertz CT molecular complexity index is 985. The molecule has 2 N–H and O–H groups in total. The lowest BCUT2D eigenvalue weighted by Crippen LogP contribution is -2.13. The van der Waals surface area contributed by atoms with E-state index >= 15 is 0 Å². The largest absolute Gasteiger partial charge is 0.364 e. The molecule has 1 aromatic carbocycles. The highest BCUT2D eigenvalue weighted by Gasteiger charge is 2.08. The minimum atomic E-state index is -0.564. The quantitative estimate of drug-likeness (QED) is 0.623. The number of fused-ring (bicyclic) bond motifs is 1. The van der Waals surface area contributed by atoms with Crippen LogP contribution in [0.25, 0.3) is 22.6 Å². The van der Waals surface area contributed by atoms with E-state index in [1.54, 1.807) is 21.5 Å². The topological polar surface area (TPSA) is 91.1 Å². The molecule has 4 aromatic rings. The van der Waals surface area contributed by atoms with Gasteiger partial charge in [-0.25, -0.2) is 14.6 Å². The molecule has 0 aliphatic heterocycles. The molecule has 0 spiro atoms. The third-order valence-electron chi connectivity index (χ3n) is 3.53. The molecule has 4 rings (SSSR count). The average Bonchev–Trinajstić information content (AvgIpc) is 3.23. The van der Waals surface area contributed by atoms with Crippen LogP contribution in [0.3, 0.4) is 0 Å². The first kappa shape index (κ1) is 13.2. The minimum absolute atomic E-state index is 0.204. The molecule has 0 aliphatic carbocycles. The van der Waals surface area contributed by atoms with Crippen molar-refractivity contribution in [3.63, 3.8) is 0 Å². The SMILES string of the molecule is NC(=O)c1cn2cc(-c3ccc(-n4cccn4)cc3)nc2cn1. The van der Waals surface area contributed by atoms with E-state index in [-0.39, 0.29) is 5.69 Å². The third kappa shape index (κ3) is 2.34. The number of nitrogens with zero attached hydrogens (tertiary/aromatic N) is 5. The summed E-state index contributed by atoms with van der Waals surface area (Å²) in [4.78, 5) is 19.7. The van der Waals surface area contributed by atoms with E-state index in [1.165, 1.54) is 6.20 Å². The van der Waals surface area contributed by atoms with E-state index in [9.17, 15) is 4.79 Å². The van der Waals surface area contributed by atoms with Crippen molar-refractivity contribution in [1.82, 2.24) is 24.1 Å². The molecule has 0 radical (unpaired) electrons. The van der Waals surface area contributed by atoms with Gasteiger partial charge < -0.3 is 10.1 Å². The zero-order valence-corrected chi connectivity index (χ0v) is 12.0. The summed E-state index contributed by atoms with van der Waals surface area (Å²) in [5, 5.41) is 4.19. The van der Waals surface area contributed by atoms with Crippen molar-refractivity contribution in [2.75, 3.05) is 0 Å². The highest BCUT2D eigenvalue weighted by molar-refractivity contribution is 5.90. The van der Waals surface area contributed by atoms with Gasteiger partial charge in [-0.3, -0.25) is 4.79 Å². The maximum absolute atomic E-state index is 11.2. The second-order valence-corrected chi connectivity index (χ2v) is 5.03. The summed E-state index contributed by atoms with van der Waals surface area (Å²) in [7, 11) is 0. The van der Waals surface area contributed by atoms with Gasteiger partial charge in [0.2, 0.25) is 0 Å². The van der Waals surface area contributed by atoms with Crippen LogP contribution >= 0.6 is 0 Å². The van der Waals surface area contributed by atoms with Crippen molar-refractivity contribution in [3.05, 3.63) is 67.0 Å². The van der Waals surface area contributed by atoms with E-state index < -0.39 is 5.91 Å². The summed E-state index contributed by atoms with van der Waals surface area (Å²) >= 11 is 0. The standard InChI is InChI=1S/C16H12N6O/c17-16(23)14-10-21-9-13(20-15(21)8-18-14)11-2-4-12(5-3-11)22-7-1-6-19-22/h1-10H,(H2,17,23). The maximum atomic E-state index is 11.2. The number of nitrogens with two attached hydrogens (primary N) is 1. The first-order valence-corrected chi connectivity index (χ1v) is 6.96. The van der Waals surface area contributed by atoms with Crippen LogP contribution in [0.15, 0.2) is 61.3 Å². The van der Waals surface area contributed by atoms with Crippen LogP contribution in [-0.4, -0.2) is 30.1 Å². The lowest BCUT2D eigenvalue weighted by Gasteiger charge is -2.02. The summed E-state index contributed by atoms with van der Waals surface area (Å²) in [6.45, 7) is 0. The van der Waals surface area contributed by atoms with Crippen molar-refractivity contribution in [2.24, 2.45) is 5.73 Å². The summed E-state index contributed by atoms with van der Waals surface area (Å²) in [5.41, 5.74) is 8.83. The fourth-order valence-electron chi connectivity index (χ4n) is 2.37. The Morgan fingerprint density at radius 2 is 1.96 bits per heavy atom. The monoisotopic (exact) mass is 304 g/mol. The Hall–Kier alpha value is -3.48. The van der Waals surface area contributed by atoms with Gasteiger partial charge >= 0.3 is 0 Å². The summed E-state index contributed by atoms with van der Waals surface area (Å²) < 4.78 is 3.53. The lowest BCUT2D eigenvalue weighted by molar-refractivity contribution is 0.0995. The zero-order valence-electron chi connectivity index (χ0n) is 12.0. The van der Waals surface area contributed by atoms with Gasteiger partial charge in [0.25, 0.3) is 5.91 Å². The second-order valence-electron chi connectivity index (χ2n) is 5.03. The number of primary amides is 1. The van der Waals surface area contributed by atoms with Gasteiger partial charge in [-0.2, -0.15) is 5.10 Å². The van der Waals surface area contributed by atoms with Crippen LogP contribution in [0.5, 0.6) is 0 Å². The zero-order chi connectivity index (χ0) is 15.8. The second kappa shape index (κ2) is 5.06. The molecular formula is C16H12N6O. The molecule has 0 atom stereocenters. The van der Waals surface area contributed by atoms with Gasteiger partial charge in [-0.05, 0) is 18.2 Å². The van der Waals surface area contributed by atoms with Crippen molar-refractivity contribution in [2.45, 2.75) is 0 Å². The minimum Gasteiger partial charge on any atom is -0.364 e. The number of hydrogen-bond acceptors (Lipinski definition) is 4.